The van der Waals surface area contributed by atoms with Crippen LogP contribution in [0.25, 0.3) is 5.69 Å². The number of carbonyl (C=O) groups excluding carboxylic acids is 1. The topological polar surface area (TPSA) is 72.7 Å². The normalized spacial score (nSPS) is 11.0. The van der Waals surface area contributed by atoms with Gasteiger partial charge in [-0.1, -0.05) is 17.5 Å². The Kier molecular flexibility index (Phi) is 7.09. The molecular formula is C24H14ClF3IN5O. The first-order valence-electron chi connectivity index (χ1n) is 9.94. The second kappa shape index (κ2) is 10.1. The minimum atomic E-state index is -4.60. The average Bonchev–Trinajstić information content (AvgIpc) is 3.25. The molecule has 0 spiro atoms. The van der Waals surface area contributed by atoms with E-state index in [1.165, 1.54) is 35.2 Å². The number of halogens is 5. The molecule has 6 nitrogen and oxygen atoms in total. The first-order chi connectivity index (χ1) is 16.6. The van der Waals surface area contributed by atoms with Crippen molar-refractivity contribution in [2.75, 3.05) is 5.32 Å². The average molecular weight is 608 g/mol. The summed E-state index contributed by atoms with van der Waals surface area (Å²) < 4.78 is 42.6. The van der Waals surface area contributed by atoms with E-state index in [4.69, 9.17) is 11.6 Å². The summed E-state index contributed by atoms with van der Waals surface area (Å²) >= 11 is 8.23. The van der Waals surface area contributed by atoms with Crippen molar-refractivity contribution in [3.63, 3.8) is 0 Å². The molecule has 0 radical (unpaired) electrons. The molecule has 2 aromatic carbocycles. The number of alkyl halides is 3. The molecule has 0 fully saturated rings. The zero-order valence-electron chi connectivity index (χ0n) is 17.9. The molecule has 1 amide bonds. The zero-order chi connectivity index (χ0) is 25.2. The highest BCUT2D eigenvalue weighted by Crippen LogP contribution is 2.33. The third-order valence-electron chi connectivity index (χ3n) is 4.70. The van der Waals surface area contributed by atoms with E-state index in [2.05, 4.69) is 32.3 Å². The van der Waals surface area contributed by atoms with Gasteiger partial charge in [-0.3, -0.25) is 4.79 Å². The number of anilines is 1. The summed E-state index contributed by atoms with van der Waals surface area (Å²) in [4.78, 5) is 16.9. The van der Waals surface area contributed by atoms with Crippen molar-refractivity contribution in [3.05, 3.63) is 97.9 Å². The minimum Gasteiger partial charge on any atom is -0.322 e. The van der Waals surface area contributed by atoms with E-state index in [0.717, 1.165) is 12.1 Å². The van der Waals surface area contributed by atoms with Crippen LogP contribution in [0.5, 0.6) is 0 Å². The maximum absolute atomic E-state index is 13.5. The minimum absolute atomic E-state index is 0.0251. The Hall–Kier alpha value is -3.43. The Bertz CT molecular complexity index is 1470. The molecule has 4 aromatic rings. The second-order valence-corrected chi connectivity index (χ2v) is 8.84. The summed E-state index contributed by atoms with van der Waals surface area (Å²) in [7, 11) is 0. The van der Waals surface area contributed by atoms with Crippen molar-refractivity contribution in [3.8, 4) is 17.5 Å². The van der Waals surface area contributed by atoms with Gasteiger partial charge >= 0.3 is 6.18 Å². The fraction of sp³-hybridized carbons (Fsp3) is 0.0833. The number of nitrogens with one attached hydrogen (secondary N) is 1. The number of benzene rings is 2. The van der Waals surface area contributed by atoms with Gasteiger partial charge in [-0.25, -0.2) is 4.98 Å². The second-order valence-electron chi connectivity index (χ2n) is 7.33. The van der Waals surface area contributed by atoms with Crippen LogP contribution in [0.4, 0.5) is 18.9 Å². The smallest absolute Gasteiger partial charge is 0.322 e. The third-order valence-corrected chi connectivity index (χ3v) is 5.60. The molecule has 4 rings (SSSR count). The van der Waals surface area contributed by atoms with Gasteiger partial charge in [-0.15, -0.1) is 10.2 Å². The van der Waals surface area contributed by atoms with Crippen LogP contribution in [0.1, 0.15) is 32.9 Å². The molecule has 2 heterocycles. The Labute approximate surface area is 216 Å². The van der Waals surface area contributed by atoms with Crippen LogP contribution in [0.15, 0.2) is 61.1 Å². The van der Waals surface area contributed by atoms with Gasteiger partial charge in [0.2, 0.25) is 0 Å². The van der Waals surface area contributed by atoms with Crippen molar-refractivity contribution in [1.82, 2.24) is 19.7 Å². The third kappa shape index (κ3) is 6.17. The molecular weight excluding hydrogens is 594 g/mol. The van der Waals surface area contributed by atoms with E-state index in [0.29, 0.717) is 25.7 Å². The van der Waals surface area contributed by atoms with Gasteiger partial charge in [0.15, 0.2) is 0 Å². The first kappa shape index (κ1) is 24.7. The van der Waals surface area contributed by atoms with E-state index in [-0.39, 0.29) is 16.9 Å². The van der Waals surface area contributed by atoms with Crippen LogP contribution < -0.4 is 5.32 Å². The van der Waals surface area contributed by atoms with Crippen molar-refractivity contribution in [1.29, 1.82) is 0 Å². The van der Waals surface area contributed by atoms with Gasteiger partial charge in [0.05, 0.1) is 22.6 Å². The van der Waals surface area contributed by atoms with Gasteiger partial charge in [-0.05, 0) is 84.0 Å². The molecule has 0 bridgehead atoms. The van der Waals surface area contributed by atoms with Gasteiger partial charge < -0.3 is 9.88 Å². The standard InChI is InChI=1S/C24H14ClF3IN5O/c1-14-12-34(13-30-14)20-10-17(24(26,27)28)9-19(11-20)31-23(35)16-3-6-21(25)15(8-16)2-4-18-5-7-22(29)33-32-18/h3,5-13H,1H3,(H,31,35). The number of aryl methyl sites for hydroxylation is 1. The zero-order valence-corrected chi connectivity index (χ0v) is 20.8. The summed E-state index contributed by atoms with van der Waals surface area (Å²) in [6.45, 7) is 1.72. The molecule has 1 N–H and O–H groups in total. The Morgan fingerprint density at radius 1 is 1.09 bits per heavy atom. The van der Waals surface area contributed by atoms with E-state index in [1.807, 2.05) is 22.6 Å². The van der Waals surface area contributed by atoms with Crippen LogP contribution in [-0.4, -0.2) is 25.7 Å². The van der Waals surface area contributed by atoms with E-state index in [1.54, 1.807) is 25.3 Å². The fourth-order valence-electron chi connectivity index (χ4n) is 3.04. The highest BCUT2D eigenvalue weighted by molar-refractivity contribution is 14.1. The van der Waals surface area contributed by atoms with E-state index < -0.39 is 17.6 Å². The predicted octanol–water partition coefficient (Wildman–Crippen LogP) is 5.90. The maximum atomic E-state index is 13.5. The number of rotatable bonds is 3. The summed E-state index contributed by atoms with van der Waals surface area (Å²) in [6.07, 6.45) is -1.62. The number of carbonyl (C=O) groups is 1. The Morgan fingerprint density at radius 2 is 1.89 bits per heavy atom. The van der Waals surface area contributed by atoms with E-state index in [9.17, 15) is 18.0 Å². The summed E-state index contributed by atoms with van der Waals surface area (Å²) in [5, 5.41) is 10.7. The first-order valence-corrected chi connectivity index (χ1v) is 11.4. The molecule has 0 aliphatic carbocycles. The van der Waals surface area contributed by atoms with Crippen LogP contribution in [-0.2, 0) is 6.18 Å². The number of imidazole rings is 1. The van der Waals surface area contributed by atoms with Crippen molar-refractivity contribution >= 4 is 45.8 Å². The molecule has 176 valence electrons. The van der Waals surface area contributed by atoms with Crippen LogP contribution in [0.2, 0.25) is 5.02 Å². The summed E-state index contributed by atoms with van der Waals surface area (Å²) in [5.74, 6) is 5.04. The predicted molar refractivity (Wildman–Crippen MR) is 133 cm³/mol. The molecule has 35 heavy (non-hydrogen) atoms. The van der Waals surface area contributed by atoms with Gasteiger partial charge in [0.25, 0.3) is 5.91 Å². The number of hydrogen-bond acceptors (Lipinski definition) is 4. The molecule has 0 atom stereocenters. The monoisotopic (exact) mass is 607 g/mol. The highest BCUT2D eigenvalue weighted by Gasteiger charge is 2.31. The number of aromatic nitrogens is 4. The molecule has 0 saturated heterocycles. The fourth-order valence-corrected chi connectivity index (χ4v) is 3.49. The number of hydrogen-bond donors (Lipinski definition) is 1. The van der Waals surface area contributed by atoms with Crippen LogP contribution >= 0.6 is 34.2 Å². The van der Waals surface area contributed by atoms with E-state index >= 15 is 0 Å². The largest absolute Gasteiger partial charge is 0.416 e. The number of amides is 1. The van der Waals surface area contributed by atoms with Gasteiger partial charge in [-0.2, -0.15) is 13.2 Å². The molecule has 2 aromatic heterocycles. The van der Waals surface area contributed by atoms with Crippen molar-refractivity contribution in [2.24, 2.45) is 0 Å². The molecule has 11 heteroatoms. The summed E-state index contributed by atoms with van der Waals surface area (Å²) in [5.41, 5.74) is 0.864. The molecule has 0 saturated carbocycles. The van der Waals surface area contributed by atoms with Gasteiger partial charge in [0, 0.05) is 28.7 Å². The molecule has 0 unspecified atom stereocenters. The maximum Gasteiger partial charge on any atom is 0.416 e. The van der Waals surface area contributed by atoms with Gasteiger partial charge in [0.1, 0.15) is 9.39 Å². The Morgan fingerprint density at radius 3 is 2.54 bits per heavy atom. The lowest BCUT2D eigenvalue weighted by Gasteiger charge is -2.14. The SMILES string of the molecule is Cc1cn(-c2cc(NC(=O)c3ccc(Cl)c(C#Cc4ccc(I)nn4)c3)cc(C(F)(F)F)c2)cn1. The van der Waals surface area contributed by atoms with Crippen molar-refractivity contribution < 1.29 is 18.0 Å². The van der Waals surface area contributed by atoms with Crippen LogP contribution in [0.3, 0.4) is 0 Å². The highest BCUT2D eigenvalue weighted by atomic mass is 127. The van der Waals surface area contributed by atoms with Crippen molar-refractivity contribution in [2.45, 2.75) is 13.1 Å². The lowest BCUT2D eigenvalue weighted by Crippen LogP contribution is -2.14. The molecule has 0 aliphatic rings. The molecule has 0 aliphatic heterocycles. The lowest BCUT2D eigenvalue weighted by molar-refractivity contribution is -0.137. The number of nitrogens with zero attached hydrogens (tertiary/aromatic N) is 4. The summed E-state index contributed by atoms with van der Waals surface area (Å²) in [6, 6.07) is 11.1. The quantitative estimate of drug-likeness (QED) is 0.233. The van der Waals surface area contributed by atoms with Crippen LogP contribution in [0, 0.1) is 22.5 Å². The lowest BCUT2D eigenvalue weighted by atomic mass is 10.1. The Balaban J connectivity index is 1.63.